The lowest BCUT2D eigenvalue weighted by Gasteiger charge is -2.34. The van der Waals surface area contributed by atoms with E-state index in [0.717, 1.165) is 29.8 Å². The van der Waals surface area contributed by atoms with Crippen LogP contribution in [0.25, 0.3) is 21.8 Å². The zero-order chi connectivity index (χ0) is 46.2. The highest BCUT2D eigenvalue weighted by atomic mass is 19.4. The van der Waals surface area contributed by atoms with Gasteiger partial charge in [0.2, 0.25) is 0 Å². The van der Waals surface area contributed by atoms with Crippen molar-refractivity contribution in [3.05, 3.63) is 106 Å². The van der Waals surface area contributed by atoms with Crippen molar-refractivity contribution in [3.63, 3.8) is 0 Å². The predicted octanol–water partition coefficient (Wildman–Crippen LogP) is 9.82. The van der Waals surface area contributed by atoms with Crippen LogP contribution >= 0.6 is 0 Å². The normalized spacial score (nSPS) is 15.6. The number of nitrogen functional groups attached to an aromatic ring is 2. The summed E-state index contributed by atoms with van der Waals surface area (Å²) in [5.74, 6) is 1.32. The number of fused-ring (bicyclic) bond motifs is 2. The zero-order valence-corrected chi connectivity index (χ0v) is 36.0. The van der Waals surface area contributed by atoms with Crippen LogP contribution in [-0.2, 0) is 17.1 Å². The number of aromatic nitrogens is 4. The van der Waals surface area contributed by atoms with Crippen LogP contribution in [0.2, 0.25) is 0 Å². The minimum atomic E-state index is -4.58. The molecule has 1 amide bonds. The lowest BCUT2D eigenvalue weighted by molar-refractivity contribution is -0.138. The molecule has 64 heavy (non-hydrogen) atoms. The molecule has 0 bridgehead atoms. The number of carbonyl (C=O) groups excluding carboxylic acids is 1. The summed E-state index contributed by atoms with van der Waals surface area (Å²) in [6, 6.07) is 12.8. The number of anilines is 6. The van der Waals surface area contributed by atoms with Gasteiger partial charge in [0.1, 0.15) is 29.4 Å². The number of ether oxygens (including phenoxy) is 1. The summed E-state index contributed by atoms with van der Waals surface area (Å²) in [4.78, 5) is 34.8. The number of hydrogen-bond acceptors (Lipinski definition) is 12. The molecule has 338 valence electrons. The molecule has 1 aliphatic rings. The van der Waals surface area contributed by atoms with Crippen LogP contribution in [0.1, 0.15) is 95.7 Å². The highest BCUT2D eigenvalue weighted by molar-refractivity contribution is 6.05. The van der Waals surface area contributed by atoms with Gasteiger partial charge in [-0.2, -0.15) is 26.3 Å². The summed E-state index contributed by atoms with van der Waals surface area (Å²) in [5, 5.41) is 14.4. The molecule has 0 aliphatic carbocycles. The fraction of sp³-hybridized carbons (Fsp3) is 0.356. The van der Waals surface area contributed by atoms with Crippen LogP contribution in [0, 0.1) is 13.8 Å². The van der Waals surface area contributed by atoms with E-state index in [4.69, 9.17) is 21.2 Å². The van der Waals surface area contributed by atoms with Gasteiger partial charge >= 0.3 is 12.4 Å². The number of rotatable bonds is 12. The summed E-state index contributed by atoms with van der Waals surface area (Å²) >= 11 is 0. The minimum Gasteiger partial charge on any atom is -0.399 e. The molecule has 1 saturated heterocycles. The first-order valence-corrected chi connectivity index (χ1v) is 20.7. The summed E-state index contributed by atoms with van der Waals surface area (Å²) in [6.07, 6.45) is -9.73. The number of nitrogens with one attached hydrogen (secondary N) is 4. The largest absolute Gasteiger partial charge is 0.416 e. The topological polar surface area (TPSA) is 181 Å². The first-order valence-electron chi connectivity index (χ1n) is 20.7. The highest BCUT2D eigenvalue weighted by Crippen LogP contribution is 2.39. The molecule has 13 nitrogen and oxygen atoms in total. The average molecular weight is 890 g/mol. The average Bonchev–Trinajstić information content (AvgIpc) is 3.22. The van der Waals surface area contributed by atoms with Crippen molar-refractivity contribution >= 4 is 62.1 Å². The van der Waals surface area contributed by atoms with Gasteiger partial charge < -0.3 is 42.4 Å². The van der Waals surface area contributed by atoms with Crippen LogP contribution in [0.15, 0.2) is 60.7 Å². The molecule has 0 radical (unpaired) electrons. The fourth-order valence-electron chi connectivity index (χ4n) is 7.89. The third kappa shape index (κ3) is 9.78. The number of benzene rings is 4. The van der Waals surface area contributed by atoms with E-state index in [1.807, 2.05) is 26.0 Å². The Balaban J connectivity index is 1.18. The molecule has 0 saturated carbocycles. The first kappa shape index (κ1) is 45.4. The second-order valence-corrected chi connectivity index (χ2v) is 15.8. The van der Waals surface area contributed by atoms with Crippen LogP contribution in [0.3, 0.4) is 0 Å². The third-order valence-electron chi connectivity index (χ3n) is 10.9. The van der Waals surface area contributed by atoms with Crippen molar-refractivity contribution in [2.45, 2.75) is 72.1 Å². The van der Waals surface area contributed by atoms with Gasteiger partial charge in [-0.15, -0.1) is 0 Å². The summed E-state index contributed by atoms with van der Waals surface area (Å²) in [7, 11) is 0. The molecule has 1 unspecified atom stereocenters. The second-order valence-electron chi connectivity index (χ2n) is 15.8. The number of carbonyl (C=O) groups is 1. The standard InChI is InChI=1S/C45H49F6N11O2/c1-7-54-36-18-33-38(58-24(5)60-41(33)56-22(3)26-11-28(44(46,47)48)15-30(52)13-26)17-32(36)40-21-62(9-10-64-40)43(63)35-20-39-34(19-37(35)55-8-2)42(61-25(6)59-39)57-23(4)27-12-29(45(49,50)51)16-31(53)14-27/h11-20,22-23,40,54-55H,7-10,21,52-53H2,1-6H3,(H,56,58,60)(H,57,59,61)/t22?,23-,40+/m1/s1. The van der Waals surface area contributed by atoms with Gasteiger partial charge in [0.15, 0.2) is 0 Å². The van der Waals surface area contributed by atoms with E-state index < -0.39 is 41.7 Å². The zero-order valence-electron chi connectivity index (χ0n) is 36.0. The van der Waals surface area contributed by atoms with Gasteiger partial charge in [-0.3, -0.25) is 4.79 Å². The molecule has 7 rings (SSSR count). The van der Waals surface area contributed by atoms with Gasteiger partial charge in [0.25, 0.3) is 5.91 Å². The minimum absolute atomic E-state index is 0.0120. The second kappa shape index (κ2) is 17.9. The molecule has 2 aromatic heterocycles. The SMILES string of the molecule is CCNc1cc2c(N[C@H](C)c3cc(N)cc(C(F)(F)F)c3)nc(C)nc2cc1C(=O)N1CCO[C@H](c2cc3nc(C)nc(NC(C)c4cc(N)cc(C(F)(F)F)c4)c3cc2NCC)C1. The molecule has 3 heterocycles. The number of alkyl halides is 6. The molecule has 1 fully saturated rings. The van der Waals surface area contributed by atoms with Crippen LogP contribution in [0.4, 0.5) is 60.7 Å². The molecule has 6 aromatic rings. The maximum atomic E-state index is 14.6. The van der Waals surface area contributed by atoms with Gasteiger partial charge in [0.05, 0.1) is 53.0 Å². The van der Waals surface area contributed by atoms with E-state index in [0.29, 0.717) is 92.8 Å². The molecular formula is C45H49F6N11O2. The van der Waals surface area contributed by atoms with E-state index in [2.05, 4.69) is 36.2 Å². The number of nitrogens with two attached hydrogens (primary N) is 2. The maximum Gasteiger partial charge on any atom is 0.416 e. The first-order chi connectivity index (χ1) is 30.2. The Morgan fingerprint density at radius 3 is 1.70 bits per heavy atom. The van der Waals surface area contributed by atoms with Crippen LogP contribution in [-0.4, -0.2) is 63.5 Å². The fourth-order valence-corrected chi connectivity index (χ4v) is 7.89. The van der Waals surface area contributed by atoms with Crippen LogP contribution < -0.4 is 32.7 Å². The Hall–Kier alpha value is -6.63. The lowest BCUT2D eigenvalue weighted by Crippen LogP contribution is -2.42. The molecule has 3 atom stereocenters. The van der Waals surface area contributed by atoms with E-state index in [9.17, 15) is 31.1 Å². The Labute approximate surface area is 365 Å². The number of amides is 1. The van der Waals surface area contributed by atoms with Gasteiger partial charge in [-0.25, -0.2) is 19.9 Å². The number of morpholine rings is 1. The number of halogens is 6. The molecule has 4 aromatic carbocycles. The van der Waals surface area contributed by atoms with Crippen molar-refractivity contribution in [3.8, 4) is 0 Å². The monoisotopic (exact) mass is 889 g/mol. The van der Waals surface area contributed by atoms with Crippen molar-refractivity contribution in [1.82, 2.24) is 24.8 Å². The van der Waals surface area contributed by atoms with Gasteiger partial charge in [-0.05, 0) is 113 Å². The molecule has 19 heteroatoms. The third-order valence-corrected chi connectivity index (χ3v) is 10.9. The Morgan fingerprint density at radius 1 is 0.719 bits per heavy atom. The quantitative estimate of drug-likeness (QED) is 0.0507. The Kier molecular flexibility index (Phi) is 12.7. The molecule has 8 N–H and O–H groups in total. The van der Waals surface area contributed by atoms with E-state index in [1.54, 1.807) is 44.7 Å². The molecular weight excluding hydrogens is 841 g/mol. The van der Waals surface area contributed by atoms with Crippen molar-refractivity contribution in [1.29, 1.82) is 0 Å². The van der Waals surface area contributed by atoms with Gasteiger partial charge in [0, 0.05) is 58.7 Å². The predicted molar refractivity (Wildman–Crippen MR) is 237 cm³/mol. The van der Waals surface area contributed by atoms with Crippen molar-refractivity contribution in [2.75, 3.05) is 65.5 Å². The molecule has 0 spiro atoms. The van der Waals surface area contributed by atoms with E-state index >= 15 is 0 Å². The number of aryl methyl sites for hydroxylation is 2. The summed E-state index contributed by atoms with van der Waals surface area (Å²) < 4.78 is 88.2. The van der Waals surface area contributed by atoms with Gasteiger partial charge in [-0.1, -0.05) is 0 Å². The maximum absolute atomic E-state index is 14.6. The number of hydrogen-bond donors (Lipinski definition) is 6. The summed E-state index contributed by atoms with van der Waals surface area (Å²) in [6.45, 7) is 12.4. The molecule has 1 aliphatic heterocycles. The van der Waals surface area contributed by atoms with E-state index in [-0.39, 0.29) is 30.4 Å². The highest BCUT2D eigenvalue weighted by Gasteiger charge is 2.34. The van der Waals surface area contributed by atoms with E-state index in [1.165, 1.54) is 12.1 Å². The van der Waals surface area contributed by atoms with Crippen LogP contribution in [0.5, 0.6) is 0 Å². The number of nitrogens with zero attached hydrogens (tertiary/aromatic N) is 5. The smallest absolute Gasteiger partial charge is 0.399 e. The van der Waals surface area contributed by atoms with Crippen molar-refractivity contribution in [2.24, 2.45) is 0 Å². The Bertz CT molecular complexity index is 2730. The Morgan fingerprint density at radius 2 is 1.20 bits per heavy atom. The lowest BCUT2D eigenvalue weighted by atomic mass is 10.0. The van der Waals surface area contributed by atoms with Crippen molar-refractivity contribution < 1.29 is 35.9 Å². The summed E-state index contributed by atoms with van der Waals surface area (Å²) in [5.41, 5.74) is 14.0.